The first kappa shape index (κ1) is 13.2. The first-order valence-corrected chi connectivity index (χ1v) is 7.44. The molecule has 2 aromatic rings. The highest BCUT2D eigenvalue weighted by Gasteiger charge is 2.15. The Morgan fingerprint density at radius 3 is 2.70 bits per heavy atom. The fourth-order valence-electron chi connectivity index (χ4n) is 2.88. The average molecular weight is 271 g/mol. The standard InChI is InChI=1S/C16H21N3O/c1-12-3-2-4-14(8-5-12)18-15-9-6-13(7-10-15)16-19-17-11-20-16/h6-7,9-12,14,18H,2-5,8H2,1H3. The van der Waals surface area contributed by atoms with Gasteiger partial charge >= 0.3 is 0 Å². The molecule has 4 nitrogen and oxygen atoms in total. The van der Waals surface area contributed by atoms with Crippen molar-refractivity contribution in [2.75, 3.05) is 5.32 Å². The average Bonchev–Trinajstić information content (AvgIpc) is 2.92. The van der Waals surface area contributed by atoms with Crippen molar-refractivity contribution in [3.05, 3.63) is 30.7 Å². The molecular weight excluding hydrogens is 250 g/mol. The second-order valence-electron chi connectivity index (χ2n) is 5.78. The summed E-state index contributed by atoms with van der Waals surface area (Å²) >= 11 is 0. The van der Waals surface area contributed by atoms with Crippen molar-refractivity contribution in [1.29, 1.82) is 0 Å². The Morgan fingerprint density at radius 1 is 1.10 bits per heavy atom. The van der Waals surface area contributed by atoms with E-state index in [1.807, 2.05) is 12.1 Å². The molecule has 1 aliphatic carbocycles. The molecule has 2 atom stereocenters. The molecule has 3 rings (SSSR count). The van der Waals surface area contributed by atoms with Gasteiger partial charge in [-0.1, -0.05) is 19.8 Å². The Hall–Kier alpha value is -1.84. The first-order valence-electron chi connectivity index (χ1n) is 7.44. The first-order chi connectivity index (χ1) is 9.81. The summed E-state index contributed by atoms with van der Waals surface area (Å²) in [6, 6.07) is 8.83. The van der Waals surface area contributed by atoms with Crippen LogP contribution in [-0.4, -0.2) is 16.2 Å². The molecular formula is C16H21N3O. The van der Waals surface area contributed by atoms with Gasteiger partial charge in [0.25, 0.3) is 0 Å². The summed E-state index contributed by atoms with van der Waals surface area (Å²) in [4.78, 5) is 0. The lowest BCUT2D eigenvalue weighted by Crippen LogP contribution is -2.18. The minimum absolute atomic E-state index is 0.569. The summed E-state index contributed by atoms with van der Waals surface area (Å²) in [6.45, 7) is 2.36. The van der Waals surface area contributed by atoms with Crippen molar-refractivity contribution in [3.8, 4) is 11.5 Å². The maximum absolute atomic E-state index is 5.20. The summed E-state index contributed by atoms with van der Waals surface area (Å²) in [5, 5.41) is 11.3. The number of nitrogens with zero attached hydrogens (tertiary/aromatic N) is 2. The smallest absolute Gasteiger partial charge is 0.247 e. The van der Waals surface area contributed by atoms with Gasteiger partial charge in [0.2, 0.25) is 12.3 Å². The fourth-order valence-corrected chi connectivity index (χ4v) is 2.88. The van der Waals surface area contributed by atoms with E-state index in [4.69, 9.17) is 4.42 Å². The molecule has 1 N–H and O–H groups in total. The SMILES string of the molecule is CC1CCCC(Nc2ccc(-c3nnco3)cc2)CC1. The lowest BCUT2D eigenvalue weighted by atomic mass is 10.0. The van der Waals surface area contributed by atoms with Crippen LogP contribution in [0.5, 0.6) is 0 Å². The number of aromatic nitrogens is 2. The van der Waals surface area contributed by atoms with Gasteiger partial charge in [0.15, 0.2) is 0 Å². The lowest BCUT2D eigenvalue weighted by Gasteiger charge is -2.17. The lowest BCUT2D eigenvalue weighted by molar-refractivity contribution is 0.502. The fraction of sp³-hybridized carbons (Fsp3) is 0.500. The van der Waals surface area contributed by atoms with Crippen LogP contribution in [0.3, 0.4) is 0 Å². The number of hydrogen-bond donors (Lipinski definition) is 1. The predicted molar refractivity (Wildman–Crippen MR) is 79.4 cm³/mol. The number of benzene rings is 1. The van der Waals surface area contributed by atoms with Gasteiger partial charge < -0.3 is 9.73 Å². The quantitative estimate of drug-likeness (QED) is 0.853. The minimum atomic E-state index is 0.569. The Morgan fingerprint density at radius 2 is 1.95 bits per heavy atom. The Bertz CT molecular complexity index is 521. The van der Waals surface area contributed by atoms with Gasteiger partial charge in [-0.3, -0.25) is 0 Å². The zero-order valence-corrected chi connectivity index (χ0v) is 11.9. The third-order valence-corrected chi connectivity index (χ3v) is 4.12. The maximum atomic E-state index is 5.20. The highest BCUT2D eigenvalue weighted by atomic mass is 16.4. The summed E-state index contributed by atoms with van der Waals surface area (Å²) in [5.74, 6) is 1.45. The monoisotopic (exact) mass is 271 g/mol. The second kappa shape index (κ2) is 6.07. The van der Waals surface area contributed by atoms with E-state index in [9.17, 15) is 0 Å². The van der Waals surface area contributed by atoms with Gasteiger partial charge in [0, 0.05) is 17.3 Å². The van der Waals surface area contributed by atoms with E-state index < -0.39 is 0 Å². The number of hydrogen-bond acceptors (Lipinski definition) is 4. The van der Waals surface area contributed by atoms with Crippen molar-refractivity contribution in [2.45, 2.75) is 45.1 Å². The molecule has 0 amide bonds. The molecule has 2 unspecified atom stereocenters. The molecule has 4 heteroatoms. The van der Waals surface area contributed by atoms with Crippen LogP contribution in [0.25, 0.3) is 11.5 Å². The third-order valence-electron chi connectivity index (χ3n) is 4.12. The van der Waals surface area contributed by atoms with Crippen LogP contribution in [0.15, 0.2) is 35.1 Å². The van der Waals surface area contributed by atoms with Gasteiger partial charge in [-0.25, -0.2) is 0 Å². The van der Waals surface area contributed by atoms with E-state index in [-0.39, 0.29) is 0 Å². The van der Waals surface area contributed by atoms with Crippen molar-refractivity contribution in [1.82, 2.24) is 10.2 Å². The molecule has 1 saturated carbocycles. The molecule has 1 aromatic heterocycles. The van der Waals surface area contributed by atoms with E-state index in [0.29, 0.717) is 11.9 Å². The Labute approximate surface area is 119 Å². The number of rotatable bonds is 3. The second-order valence-corrected chi connectivity index (χ2v) is 5.78. The topological polar surface area (TPSA) is 51.0 Å². The van der Waals surface area contributed by atoms with Crippen LogP contribution >= 0.6 is 0 Å². The van der Waals surface area contributed by atoms with Gasteiger partial charge in [-0.05, 0) is 49.4 Å². The van der Waals surface area contributed by atoms with Gasteiger partial charge in [0.05, 0.1) is 0 Å². The molecule has 1 aromatic carbocycles. The van der Waals surface area contributed by atoms with Crippen molar-refractivity contribution in [2.24, 2.45) is 5.92 Å². The molecule has 0 radical (unpaired) electrons. The maximum Gasteiger partial charge on any atom is 0.247 e. The molecule has 20 heavy (non-hydrogen) atoms. The van der Waals surface area contributed by atoms with E-state index in [0.717, 1.165) is 11.5 Å². The summed E-state index contributed by atoms with van der Waals surface area (Å²) in [5.41, 5.74) is 2.13. The Kier molecular flexibility index (Phi) is 4.00. The van der Waals surface area contributed by atoms with Gasteiger partial charge in [0.1, 0.15) is 0 Å². The van der Waals surface area contributed by atoms with E-state index in [1.165, 1.54) is 44.2 Å². The highest BCUT2D eigenvalue weighted by molar-refractivity contribution is 5.58. The minimum Gasteiger partial charge on any atom is -0.423 e. The summed E-state index contributed by atoms with van der Waals surface area (Å²) < 4.78 is 5.20. The normalized spacial score (nSPS) is 23.2. The van der Waals surface area contributed by atoms with Crippen molar-refractivity contribution in [3.63, 3.8) is 0 Å². The highest BCUT2D eigenvalue weighted by Crippen LogP contribution is 2.26. The predicted octanol–water partition coefficient (Wildman–Crippen LogP) is 4.12. The van der Waals surface area contributed by atoms with Crippen molar-refractivity contribution < 1.29 is 4.42 Å². The largest absolute Gasteiger partial charge is 0.423 e. The molecule has 1 aliphatic rings. The molecule has 1 fully saturated rings. The molecule has 106 valence electrons. The molecule has 0 saturated heterocycles. The van der Waals surface area contributed by atoms with Gasteiger partial charge in [-0.15, -0.1) is 10.2 Å². The van der Waals surface area contributed by atoms with Crippen LogP contribution in [0, 0.1) is 5.92 Å². The molecule has 1 heterocycles. The van der Waals surface area contributed by atoms with Crippen LogP contribution in [0.4, 0.5) is 5.69 Å². The summed E-state index contributed by atoms with van der Waals surface area (Å²) in [7, 11) is 0. The van der Waals surface area contributed by atoms with Crippen LogP contribution in [0.1, 0.15) is 39.0 Å². The zero-order chi connectivity index (χ0) is 13.8. The van der Waals surface area contributed by atoms with Crippen LogP contribution in [-0.2, 0) is 0 Å². The van der Waals surface area contributed by atoms with Gasteiger partial charge in [-0.2, -0.15) is 0 Å². The van der Waals surface area contributed by atoms with E-state index in [1.54, 1.807) is 0 Å². The van der Waals surface area contributed by atoms with E-state index >= 15 is 0 Å². The van der Waals surface area contributed by atoms with E-state index in [2.05, 4.69) is 34.6 Å². The van der Waals surface area contributed by atoms with Crippen LogP contribution in [0.2, 0.25) is 0 Å². The number of anilines is 1. The number of nitrogens with one attached hydrogen (secondary N) is 1. The molecule has 0 aliphatic heterocycles. The van der Waals surface area contributed by atoms with Crippen molar-refractivity contribution >= 4 is 5.69 Å². The zero-order valence-electron chi connectivity index (χ0n) is 11.9. The Balaban J connectivity index is 1.63. The third kappa shape index (κ3) is 3.18. The molecule has 0 bridgehead atoms. The molecule has 0 spiro atoms. The summed E-state index contributed by atoms with van der Waals surface area (Å²) in [6.07, 6.45) is 7.93. The van der Waals surface area contributed by atoms with Crippen LogP contribution < -0.4 is 5.32 Å².